The van der Waals surface area contributed by atoms with Gasteiger partial charge in [-0.15, -0.1) is 17.4 Å². The van der Waals surface area contributed by atoms with Gasteiger partial charge in [0.2, 0.25) is 17.8 Å². The molecule has 3 rings (SSSR count). The number of carbonyl (C=O) groups excluding carboxylic acids is 2. The maximum atomic E-state index is 11.9. The number of terminal acetylenes is 1. The van der Waals surface area contributed by atoms with Crippen LogP contribution in [0.4, 0.5) is 11.9 Å². The van der Waals surface area contributed by atoms with Gasteiger partial charge in [-0.1, -0.05) is 0 Å². The number of aryl methyl sites for hydroxylation is 1. The van der Waals surface area contributed by atoms with Crippen LogP contribution in [0.15, 0.2) is 10.2 Å². The van der Waals surface area contributed by atoms with Gasteiger partial charge < -0.3 is 0 Å². The Balaban J connectivity index is 1.50. The van der Waals surface area contributed by atoms with Gasteiger partial charge in [0.25, 0.3) is 5.95 Å². The summed E-state index contributed by atoms with van der Waals surface area (Å²) in [6, 6.07) is 0. The smallest absolute Gasteiger partial charge is 0.250 e. The van der Waals surface area contributed by atoms with Crippen molar-refractivity contribution in [2.24, 2.45) is 10.2 Å². The molecule has 9 heteroatoms. The van der Waals surface area contributed by atoms with Gasteiger partial charge in [-0.05, 0) is 0 Å². The molecule has 22 heavy (non-hydrogen) atoms. The zero-order valence-electron chi connectivity index (χ0n) is 11.9. The highest BCUT2D eigenvalue weighted by Gasteiger charge is 2.39. The number of nitrogens with one attached hydrogen (secondary N) is 2. The van der Waals surface area contributed by atoms with E-state index in [2.05, 4.69) is 36.9 Å². The molecule has 2 N–H and O–H groups in total. The summed E-state index contributed by atoms with van der Waals surface area (Å²) in [7, 11) is 0. The van der Waals surface area contributed by atoms with Crippen molar-refractivity contribution in [3.63, 3.8) is 0 Å². The number of hydrogen-bond acceptors (Lipinski definition) is 6. The number of amides is 2. The zero-order valence-corrected chi connectivity index (χ0v) is 11.9. The van der Waals surface area contributed by atoms with Gasteiger partial charge in [-0.3, -0.25) is 20.2 Å². The predicted octanol–water partition coefficient (Wildman–Crippen LogP) is 0.914. The molecular weight excluding hydrogens is 286 g/mol. The van der Waals surface area contributed by atoms with E-state index in [-0.39, 0.29) is 24.2 Å². The van der Waals surface area contributed by atoms with Crippen molar-refractivity contribution < 1.29 is 9.59 Å². The maximum absolute atomic E-state index is 11.9. The first kappa shape index (κ1) is 14.2. The quantitative estimate of drug-likeness (QED) is 0.760. The van der Waals surface area contributed by atoms with Crippen LogP contribution in [0, 0.1) is 12.3 Å². The molecule has 0 aromatic carbocycles. The van der Waals surface area contributed by atoms with Crippen LogP contribution < -0.4 is 10.6 Å². The second-order valence-electron chi connectivity index (χ2n) is 5.22. The van der Waals surface area contributed by atoms with Gasteiger partial charge in [-0.25, -0.2) is 4.68 Å². The first-order valence-corrected chi connectivity index (χ1v) is 7.02. The number of anilines is 2. The van der Waals surface area contributed by atoms with Crippen molar-refractivity contribution in [2.45, 2.75) is 44.3 Å². The van der Waals surface area contributed by atoms with Crippen LogP contribution in [0.2, 0.25) is 0 Å². The molecule has 0 fully saturated rings. The number of nitrogens with zero attached hydrogens (tertiary/aromatic N) is 5. The third-order valence-corrected chi connectivity index (χ3v) is 3.53. The molecule has 2 aliphatic heterocycles. The molecule has 0 unspecified atom stereocenters. The fourth-order valence-corrected chi connectivity index (χ4v) is 2.21. The lowest BCUT2D eigenvalue weighted by molar-refractivity contribution is -0.117. The second kappa shape index (κ2) is 5.55. The van der Waals surface area contributed by atoms with Crippen LogP contribution in [0.1, 0.15) is 32.1 Å². The molecule has 0 bridgehead atoms. The van der Waals surface area contributed by atoms with E-state index in [1.807, 2.05) is 0 Å². The Morgan fingerprint density at radius 1 is 1.45 bits per heavy atom. The molecule has 3 heterocycles. The summed E-state index contributed by atoms with van der Waals surface area (Å²) in [4.78, 5) is 27.2. The SMILES string of the molecule is C#CCCC1(CCC(=O)Nc2nc3n(n2)CCC(=O)N3)N=N1. The van der Waals surface area contributed by atoms with Crippen molar-refractivity contribution in [3.8, 4) is 12.3 Å². The fourth-order valence-electron chi connectivity index (χ4n) is 2.21. The molecular formula is C13H15N7O2. The minimum absolute atomic E-state index is 0.106. The van der Waals surface area contributed by atoms with Crippen LogP contribution >= 0.6 is 0 Å². The Hall–Kier alpha value is -2.76. The molecule has 0 saturated carbocycles. The number of carbonyl (C=O) groups is 2. The van der Waals surface area contributed by atoms with E-state index >= 15 is 0 Å². The maximum Gasteiger partial charge on any atom is 0.250 e. The van der Waals surface area contributed by atoms with Crippen LogP contribution in [0.25, 0.3) is 0 Å². The van der Waals surface area contributed by atoms with Gasteiger partial charge in [-0.2, -0.15) is 15.2 Å². The predicted molar refractivity (Wildman–Crippen MR) is 76.8 cm³/mol. The average Bonchev–Trinajstić information content (AvgIpc) is 3.16. The summed E-state index contributed by atoms with van der Waals surface area (Å²) in [6.07, 6.45) is 7.60. The minimum Gasteiger partial charge on any atom is -0.295 e. The Morgan fingerprint density at radius 3 is 3.00 bits per heavy atom. The molecule has 1 aromatic rings. The van der Waals surface area contributed by atoms with Gasteiger partial charge >= 0.3 is 0 Å². The van der Waals surface area contributed by atoms with Crippen LogP contribution in [0.5, 0.6) is 0 Å². The summed E-state index contributed by atoms with van der Waals surface area (Å²) in [6.45, 7) is 0.455. The first-order valence-electron chi connectivity index (χ1n) is 7.02. The van der Waals surface area contributed by atoms with E-state index in [1.54, 1.807) is 4.68 Å². The Bertz CT molecular complexity index is 679. The standard InChI is InChI=1S/C13H15N7O2/c1-2-3-6-13(18-19-13)7-4-9(21)14-11-16-12-15-10(22)5-8-20(12)17-11/h1H,3-8H2,(H2,14,15,16,17,21,22). The topological polar surface area (TPSA) is 114 Å². The van der Waals surface area contributed by atoms with Crippen LogP contribution in [-0.4, -0.2) is 32.2 Å². The van der Waals surface area contributed by atoms with E-state index in [4.69, 9.17) is 6.42 Å². The molecule has 2 aliphatic rings. The molecule has 0 radical (unpaired) electrons. The third-order valence-electron chi connectivity index (χ3n) is 3.53. The second-order valence-corrected chi connectivity index (χ2v) is 5.22. The molecule has 0 spiro atoms. The summed E-state index contributed by atoms with van der Waals surface area (Å²) < 4.78 is 1.55. The summed E-state index contributed by atoms with van der Waals surface area (Å²) in [5, 5.41) is 17.3. The molecule has 2 amide bonds. The highest BCUT2D eigenvalue weighted by atomic mass is 16.2. The van der Waals surface area contributed by atoms with Gasteiger partial charge in [0.1, 0.15) is 0 Å². The number of rotatable bonds is 6. The molecule has 9 nitrogen and oxygen atoms in total. The summed E-state index contributed by atoms with van der Waals surface area (Å²) in [5.41, 5.74) is -0.474. The first-order chi connectivity index (χ1) is 10.6. The van der Waals surface area contributed by atoms with Crippen molar-refractivity contribution in [2.75, 3.05) is 10.6 Å². The van der Waals surface area contributed by atoms with Crippen LogP contribution in [-0.2, 0) is 16.1 Å². The van der Waals surface area contributed by atoms with Gasteiger partial charge in [0, 0.05) is 32.1 Å². The lowest BCUT2D eigenvalue weighted by atomic mass is 10.0. The highest BCUT2D eigenvalue weighted by molar-refractivity contribution is 5.91. The Kier molecular flexibility index (Phi) is 3.58. The number of fused-ring (bicyclic) bond motifs is 1. The molecule has 114 valence electrons. The largest absolute Gasteiger partial charge is 0.295 e. The molecule has 0 atom stereocenters. The van der Waals surface area contributed by atoms with Gasteiger partial charge in [0.15, 0.2) is 5.66 Å². The van der Waals surface area contributed by atoms with Crippen LogP contribution in [0.3, 0.4) is 0 Å². The fraction of sp³-hybridized carbons (Fsp3) is 0.538. The van der Waals surface area contributed by atoms with E-state index in [0.29, 0.717) is 38.2 Å². The molecule has 0 aliphatic carbocycles. The van der Waals surface area contributed by atoms with E-state index in [1.165, 1.54) is 0 Å². The Labute approximate surface area is 126 Å². The number of aromatic nitrogens is 3. The lowest BCUT2D eigenvalue weighted by Crippen LogP contribution is -2.23. The van der Waals surface area contributed by atoms with E-state index < -0.39 is 5.66 Å². The zero-order chi connectivity index (χ0) is 15.6. The highest BCUT2D eigenvalue weighted by Crippen LogP contribution is 2.37. The summed E-state index contributed by atoms with van der Waals surface area (Å²) in [5.74, 6) is 2.76. The lowest BCUT2D eigenvalue weighted by Gasteiger charge is -2.11. The normalized spacial score (nSPS) is 17.3. The molecule has 1 aromatic heterocycles. The van der Waals surface area contributed by atoms with E-state index in [0.717, 1.165) is 0 Å². The average molecular weight is 301 g/mol. The van der Waals surface area contributed by atoms with Gasteiger partial charge in [0.05, 0.1) is 6.54 Å². The molecule has 0 saturated heterocycles. The van der Waals surface area contributed by atoms with Crippen molar-refractivity contribution in [1.29, 1.82) is 0 Å². The monoisotopic (exact) mass is 301 g/mol. The Morgan fingerprint density at radius 2 is 2.27 bits per heavy atom. The van der Waals surface area contributed by atoms with Crippen molar-refractivity contribution in [1.82, 2.24) is 14.8 Å². The minimum atomic E-state index is -0.474. The van der Waals surface area contributed by atoms with Crippen molar-refractivity contribution >= 4 is 23.7 Å². The van der Waals surface area contributed by atoms with E-state index in [9.17, 15) is 9.59 Å². The third kappa shape index (κ3) is 3.11. The summed E-state index contributed by atoms with van der Waals surface area (Å²) >= 11 is 0. The van der Waals surface area contributed by atoms with Crippen molar-refractivity contribution in [3.05, 3.63) is 0 Å². The number of hydrogen-bond donors (Lipinski definition) is 2.